The normalized spacial score (nSPS) is 15.9. The lowest BCUT2D eigenvalue weighted by Gasteiger charge is -2.29. The quantitative estimate of drug-likeness (QED) is 0.857. The van der Waals surface area contributed by atoms with Crippen molar-refractivity contribution in [2.75, 3.05) is 17.2 Å². The highest BCUT2D eigenvalue weighted by atomic mass is 16.2. The summed E-state index contributed by atoms with van der Waals surface area (Å²) < 4.78 is 0. The van der Waals surface area contributed by atoms with Gasteiger partial charge in [-0.25, -0.2) is 4.79 Å². The standard InChI is InChI=1S/C22H25N3O2/c1-14-9-15(2)11-20(10-14)24-22(27)23-19-6-5-16-7-8-25(13-18(16)12-19)21(26)17-3-4-17/h5-6,9-12,17H,3-4,7-8,13H2,1-2H3,(H2,23,24,27). The number of urea groups is 1. The number of carbonyl (C=O) groups is 2. The SMILES string of the molecule is Cc1cc(C)cc(NC(=O)Nc2ccc3c(c2)CN(C(=O)C2CC2)CC3)c1. The summed E-state index contributed by atoms with van der Waals surface area (Å²) in [6, 6.07) is 11.7. The van der Waals surface area contributed by atoms with Crippen LogP contribution in [0.2, 0.25) is 0 Å². The summed E-state index contributed by atoms with van der Waals surface area (Å²) in [6.45, 7) is 5.45. The number of benzene rings is 2. The van der Waals surface area contributed by atoms with Gasteiger partial charge in [-0.1, -0.05) is 12.1 Å². The summed E-state index contributed by atoms with van der Waals surface area (Å²) >= 11 is 0. The number of nitrogens with one attached hydrogen (secondary N) is 2. The first-order chi connectivity index (χ1) is 13.0. The van der Waals surface area contributed by atoms with E-state index in [4.69, 9.17) is 0 Å². The third-order valence-corrected chi connectivity index (χ3v) is 5.19. The van der Waals surface area contributed by atoms with Gasteiger partial charge < -0.3 is 15.5 Å². The van der Waals surface area contributed by atoms with Crippen molar-refractivity contribution in [1.82, 2.24) is 4.90 Å². The Balaban J connectivity index is 1.43. The van der Waals surface area contributed by atoms with Gasteiger partial charge in [-0.3, -0.25) is 4.79 Å². The summed E-state index contributed by atoms with van der Waals surface area (Å²) in [5.74, 6) is 0.531. The van der Waals surface area contributed by atoms with E-state index in [0.717, 1.165) is 53.9 Å². The molecule has 5 nitrogen and oxygen atoms in total. The molecule has 2 N–H and O–H groups in total. The molecule has 2 aliphatic rings. The minimum absolute atomic E-state index is 0.247. The molecule has 1 aliphatic carbocycles. The molecule has 1 heterocycles. The second-order valence-corrected chi connectivity index (χ2v) is 7.72. The van der Waals surface area contributed by atoms with Crippen molar-refractivity contribution in [3.8, 4) is 0 Å². The lowest BCUT2D eigenvalue weighted by Crippen LogP contribution is -2.36. The molecule has 1 saturated carbocycles. The summed E-state index contributed by atoms with van der Waals surface area (Å²) in [5.41, 5.74) is 6.13. The second kappa shape index (κ2) is 7.06. The van der Waals surface area contributed by atoms with Gasteiger partial charge in [-0.2, -0.15) is 0 Å². The average Bonchev–Trinajstić information content (AvgIpc) is 3.44. The van der Waals surface area contributed by atoms with Gasteiger partial charge in [0.15, 0.2) is 0 Å². The summed E-state index contributed by atoms with van der Waals surface area (Å²) in [4.78, 5) is 26.7. The molecular formula is C22H25N3O2. The van der Waals surface area contributed by atoms with Crippen LogP contribution in [0, 0.1) is 19.8 Å². The molecule has 2 aromatic carbocycles. The highest BCUT2D eigenvalue weighted by molar-refractivity contribution is 6.00. The maximum Gasteiger partial charge on any atom is 0.323 e. The number of amides is 3. The predicted octanol–water partition coefficient (Wildman–Crippen LogP) is 4.24. The minimum atomic E-state index is -0.262. The molecule has 4 rings (SSSR count). The van der Waals surface area contributed by atoms with Crippen molar-refractivity contribution in [1.29, 1.82) is 0 Å². The van der Waals surface area contributed by atoms with Gasteiger partial charge in [0.25, 0.3) is 0 Å². The third-order valence-electron chi connectivity index (χ3n) is 5.19. The maximum atomic E-state index is 12.4. The van der Waals surface area contributed by atoms with E-state index in [-0.39, 0.29) is 17.9 Å². The number of carbonyl (C=O) groups excluding carboxylic acids is 2. The van der Waals surface area contributed by atoms with Crippen molar-refractivity contribution in [3.63, 3.8) is 0 Å². The Morgan fingerprint density at radius 3 is 2.33 bits per heavy atom. The van der Waals surface area contributed by atoms with Crippen LogP contribution in [0.4, 0.5) is 16.2 Å². The van der Waals surface area contributed by atoms with Crippen molar-refractivity contribution in [2.45, 2.75) is 39.7 Å². The van der Waals surface area contributed by atoms with E-state index in [0.29, 0.717) is 6.54 Å². The molecule has 1 fully saturated rings. The zero-order chi connectivity index (χ0) is 19.0. The van der Waals surface area contributed by atoms with E-state index < -0.39 is 0 Å². The van der Waals surface area contributed by atoms with E-state index >= 15 is 0 Å². The Labute approximate surface area is 159 Å². The molecule has 0 unspecified atom stereocenters. The van der Waals surface area contributed by atoms with Gasteiger partial charge in [0.2, 0.25) is 5.91 Å². The molecule has 0 saturated heterocycles. The first-order valence-electron chi connectivity index (χ1n) is 9.55. The number of anilines is 2. The van der Waals surface area contributed by atoms with Crippen LogP contribution in [-0.4, -0.2) is 23.4 Å². The molecule has 0 bridgehead atoms. The highest BCUT2D eigenvalue weighted by Crippen LogP contribution is 2.33. The molecule has 3 amide bonds. The van der Waals surface area contributed by atoms with Gasteiger partial charge in [0.1, 0.15) is 0 Å². The van der Waals surface area contributed by atoms with E-state index in [9.17, 15) is 9.59 Å². The van der Waals surface area contributed by atoms with Crippen molar-refractivity contribution in [2.24, 2.45) is 5.92 Å². The minimum Gasteiger partial charge on any atom is -0.338 e. The second-order valence-electron chi connectivity index (χ2n) is 7.72. The Morgan fingerprint density at radius 2 is 1.63 bits per heavy atom. The summed E-state index contributed by atoms with van der Waals surface area (Å²) in [6.07, 6.45) is 2.94. The molecule has 1 aliphatic heterocycles. The summed E-state index contributed by atoms with van der Waals surface area (Å²) in [7, 11) is 0. The maximum absolute atomic E-state index is 12.4. The number of rotatable bonds is 3. The third kappa shape index (κ3) is 4.13. The van der Waals surface area contributed by atoms with Crippen LogP contribution < -0.4 is 10.6 Å². The number of aryl methyl sites for hydroxylation is 2. The molecule has 0 aromatic heterocycles. The average molecular weight is 363 g/mol. The first-order valence-corrected chi connectivity index (χ1v) is 9.55. The molecule has 0 atom stereocenters. The van der Waals surface area contributed by atoms with Gasteiger partial charge in [0.05, 0.1) is 0 Å². The van der Waals surface area contributed by atoms with Crippen LogP contribution in [-0.2, 0) is 17.8 Å². The zero-order valence-corrected chi connectivity index (χ0v) is 15.8. The molecular weight excluding hydrogens is 338 g/mol. The highest BCUT2D eigenvalue weighted by Gasteiger charge is 2.34. The van der Waals surface area contributed by atoms with Gasteiger partial charge in [-0.15, -0.1) is 0 Å². The van der Waals surface area contributed by atoms with Crippen molar-refractivity contribution < 1.29 is 9.59 Å². The predicted molar refractivity (Wildman–Crippen MR) is 107 cm³/mol. The van der Waals surface area contributed by atoms with Crippen LogP contribution in [0.5, 0.6) is 0 Å². The molecule has 27 heavy (non-hydrogen) atoms. The van der Waals surface area contributed by atoms with Crippen LogP contribution in [0.25, 0.3) is 0 Å². The van der Waals surface area contributed by atoms with Gasteiger partial charge >= 0.3 is 6.03 Å². The Kier molecular flexibility index (Phi) is 4.60. The monoisotopic (exact) mass is 363 g/mol. The lowest BCUT2D eigenvalue weighted by molar-refractivity contribution is -0.133. The number of hydrogen-bond donors (Lipinski definition) is 2. The smallest absolute Gasteiger partial charge is 0.323 e. The lowest BCUT2D eigenvalue weighted by atomic mass is 9.98. The van der Waals surface area contributed by atoms with E-state index in [1.165, 1.54) is 5.56 Å². The fourth-order valence-electron chi connectivity index (χ4n) is 3.75. The molecule has 0 spiro atoms. The van der Waals surface area contributed by atoms with Crippen molar-refractivity contribution >= 4 is 23.3 Å². The van der Waals surface area contributed by atoms with Crippen LogP contribution in [0.15, 0.2) is 36.4 Å². The largest absolute Gasteiger partial charge is 0.338 e. The topological polar surface area (TPSA) is 61.4 Å². The van der Waals surface area contributed by atoms with Crippen molar-refractivity contribution in [3.05, 3.63) is 58.7 Å². The fourth-order valence-corrected chi connectivity index (χ4v) is 3.75. The number of fused-ring (bicyclic) bond motifs is 1. The Bertz CT molecular complexity index is 882. The molecule has 0 radical (unpaired) electrons. The summed E-state index contributed by atoms with van der Waals surface area (Å²) in [5, 5.41) is 5.79. The van der Waals surface area contributed by atoms with E-state index in [2.05, 4.69) is 22.8 Å². The van der Waals surface area contributed by atoms with E-state index in [1.807, 2.05) is 43.0 Å². The first kappa shape index (κ1) is 17.6. The Hall–Kier alpha value is -2.82. The van der Waals surface area contributed by atoms with Crippen LogP contribution in [0.1, 0.15) is 35.1 Å². The molecule has 2 aromatic rings. The molecule has 5 heteroatoms. The van der Waals surface area contributed by atoms with Gasteiger partial charge in [-0.05, 0) is 79.6 Å². The van der Waals surface area contributed by atoms with Crippen LogP contribution >= 0.6 is 0 Å². The molecule has 140 valence electrons. The fraction of sp³-hybridized carbons (Fsp3) is 0.364. The van der Waals surface area contributed by atoms with E-state index in [1.54, 1.807) is 0 Å². The zero-order valence-electron chi connectivity index (χ0n) is 15.8. The number of nitrogens with zero attached hydrogens (tertiary/aromatic N) is 1. The van der Waals surface area contributed by atoms with Gasteiger partial charge in [0, 0.05) is 30.4 Å². The van der Waals surface area contributed by atoms with Crippen LogP contribution in [0.3, 0.4) is 0 Å². The number of hydrogen-bond acceptors (Lipinski definition) is 2. The Morgan fingerprint density at radius 1 is 0.926 bits per heavy atom.